The van der Waals surface area contributed by atoms with Crippen LogP contribution in [-0.2, 0) is 4.79 Å². The normalized spacial score (nSPS) is 15.9. The van der Waals surface area contributed by atoms with Crippen LogP contribution in [0.15, 0.2) is 60.7 Å². The molecule has 1 atom stereocenters. The predicted molar refractivity (Wildman–Crippen MR) is 130 cm³/mol. The Morgan fingerprint density at radius 3 is 2.03 bits per heavy atom. The van der Waals surface area contributed by atoms with E-state index >= 15 is 0 Å². The van der Waals surface area contributed by atoms with Crippen molar-refractivity contribution in [2.24, 2.45) is 11.8 Å². The average molecular weight is 421 g/mol. The average Bonchev–Trinajstić information content (AvgIpc) is 2.81. The summed E-state index contributed by atoms with van der Waals surface area (Å²) in [7, 11) is 0. The third-order valence-corrected chi connectivity index (χ3v) is 6.54. The number of amides is 1. The Kier molecular flexibility index (Phi) is 9.61. The number of carbonyl (C=O) groups excluding carboxylic acids is 1. The van der Waals surface area contributed by atoms with Gasteiger partial charge in [0.05, 0.1) is 6.04 Å². The van der Waals surface area contributed by atoms with Crippen LogP contribution in [0.4, 0.5) is 0 Å². The maximum atomic E-state index is 13.0. The lowest BCUT2D eigenvalue weighted by atomic mass is 9.88. The van der Waals surface area contributed by atoms with Crippen molar-refractivity contribution in [3.63, 3.8) is 0 Å². The molecule has 2 aromatic carbocycles. The molecule has 0 spiro atoms. The first-order chi connectivity index (χ1) is 15.1. The van der Waals surface area contributed by atoms with Crippen LogP contribution >= 0.6 is 0 Å². The van der Waals surface area contributed by atoms with E-state index in [-0.39, 0.29) is 11.9 Å². The zero-order valence-electron chi connectivity index (χ0n) is 19.4. The molecular weight excluding hydrogens is 380 g/mol. The Labute approximate surface area is 189 Å². The molecule has 0 aromatic heterocycles. The number of carbonyl (C=O) groups is 1. The SMILES string of the molecule is CC(C)C[C@H](NCC1CCCCC1)C(=O)NCCC(c1ccccc1)c1ccccc1. The summed E-state index contributed by atoms with van der Waals surface area (Å²) in [4.78, 5) is 13.0. The molecule has 0 heterocycles. The van der Waals surface area contributed by atoms with Crippen molar-refractivity contribution in [1.82, 2.24) is 10.6 Å². The molecule has 0 aliphatic heterocycles. The van der Waals surface area contributed by atoms with Gasteiger partial charge in [-0.2, -0.15) is 0 Å². The fourth-order valence-electron chi connectivity index (χ4n) is 4.81. The van der Waals surface area contributed by atoms with Gasteiger partial charge in [0.1, 0.15) is 0 Å². The van der Waals surface area contributed by atoms with E-state index in [4.69, 9.17) is 0 Å². The van der Waals surface area contributed by atoms with E-state index in [1.165, 1.54) is 43.2 Å². The molecule has 0 radical (unpaired) electrons. The lowest BCUT2D eigenvalue weighted by Crippen LogP contribution is -2.47. The zero-order valence-corrected chi connectivity index (χ0v) is 19.4. The first-order valence-corrected chi connectivity index (χ1v) is 12.2. The molecule has 0 bridgehead atoms. The monoisotopic (exact) mass is 420 g/mol. The maximum Gasteiger partial charge on any atom is 0.237 e. The van der Waals surface area contributed by atoms with Gasteiger partial charge in [-0.1, -0.05) is 93.8 Å². The molecule has 2 aromatic rings. The van der Waals surface area contributed by atoms with E-state index < -0.39 is 0 Å². The summed E-state index contributed by atoms with van der Waals surface area (Å²) in [5, 5.41) is 6.85. The largest absolute Gasteiger partial charge is 0.355 e. The summed E-state index contributed by atoms with van der Waals surface area (Å²) in [6.45, 7) is 6.06. The van der Waals surface area contributed by atoms with E-state index in [0.717, 1.165) is 25.3 Å². The Morgan fingerprint density at radius 1 is 0.903 bits per heavy atom. The van der Waals surface area contributed by atoms with Gasteiger partial charge in [0, 0.05) is 12.5 Å². The van der Waals surface area contributed by atoms with Crippen molar-refractivity contribution < 1.29 is 4.79 Å². The Bertz CT molecular complexity index is 714. The fourth-order valence-corrected chi connectivity index (χ4v) is 4.81. The van der Waals surface area contributed by atoms with Crippen molar-refractivity contribution >= 4 is 5.91 Å². The van der Waals surface area contributed by atoms with Crippen LogP contribution in [0.25, 0.3) is 0 Å². The van der Waals surface area contributed by atoms with Crippen LogP contribution < -0.4 is 10.6 Å². The van der Waals surface area contributed by atoms with Gasteiger partial charge in [-0.05, 0) is 55.2 Å². The molecule has 3 nitrogen and oxygen atoms in total. The van der Waals surface area contributed by atoms with Crippen molar-refractivity contribution in [2.45, 2.75) is 70.8 Å². The van der Waals surface area contributed by atoms with Gasteiger partial charge in [-0.25, -0.2) is 0 Å². The zero-order chi connectivity index (χ0) is 21.9. The number of hydrogen-bond acceptors (Lipinski definition) is 2. The Balaban J connectivity index is 1.56. The Hall–Kier alpha value is -2.13. The Morgan fingerprint density at radius 2 is 1.48 bits per heavy atom. The highest BCUT2D eigenvalue weighted by atomic mass is 16.2. The molecule has 1 saturated carbocycles. The van der Waals surface area contributed by atoms with E-state index in [2.05, 4.69) is 85.1 Å². The van der Waals surface area contributed by atoms with Crippen LogP contribution in [0, 0.1) is 11.8 Å². The lowest BCUT2D eigenvalue weighted by molar-refractivity contribution is -0.123. The third kappa shape index (κ3) is 7.81. The van der Waals surface area contributed by atoms with Crippen LogP contribution in [-0.4, -0.2) is 25.0 Å². The van der Waals surface area contributed by atoms with E-state index in [9.17, 15) is 4.79 Å². The molecule has 0 unspecified atom stereocenters. The van der Waals surface area contributed by atoms with Gasteiger partial charge in [-0.15, -0.1) is 0 Å². The van der Waals surface area contributed by atoms with Gasteiger partial charge in [-0.3, -0.25) is 4.79 Å². The molecule has 168 valence electrons. The third-order valence-electron chi connectivity index (χ3n) is 6.54. The fraction of sp³-hybridized carbons (Fsp3) is 0.536. The second-order valence-electron chi connectivity index (χ2n) is 9.55. The molecule has 3 rings (SSSR count). The van der Waals surface area contributed by atoms with Crippen molar-refractivity contribution in [1.29, 1.82) is 0 Å². The summed E-state index contributed by atoms with van der Waals surface area (Å²) in [6.07, 6.45) is 8.45. The van der Waals surface area contributed by atoms with Gasteiger partial charge in [0.2, 0.25) is 5.91 Å². The molecule has 1 aliphatic rings. The van der Waals surface area contributed by atoms with Crippen molar-refractivity contribution in [2.75, 3.05) is 13.1 Å². The lowest BCUT2D eigenvalue weighted by Gasteiger charge is -2.26. The molecule has 1 fully saturated rings. The highest BCUT2D eigenvalue weighted by Crippen LogP contribution is 2.27. The molecule has 2 N–H and O–H groups in total. The summed E-state index contributed by atoms with van der Waals surface area (Å²) >= 11 is 0. The minimum atomic E-state index is -0.0890. The molecule has 0 saturated heterocycles. The van der Waals surface area contributed by atoms with E-state index in [1.54, 1.807) is 0 Å². The van der Waals surface area contributed by atoms with Gasteiger partial charge < -0.3 is 10.6 Å². The van der Waals surface area contributed by atoms with Gasteiger partial charge >= 0.3 is 0 Å². The summed E-state index contributed by atoms with van der Waals surface area (Å²) in [5.74, 6) is 1.68. The molecule has 1 aliphatic carbocycles. The predicted octanol–water partition coefficient (Wildman–Crippen LogP) is 5.91. The first-order valence-electron chi connectivity index (χ1n) is 12.2. The second kappa shape index (κ2) is 12.7. The van der Waals surface area contributed by atoms with Gasteiger partial charge in [0.15, 0.2) is 0 Å². The van der Waals surface area contributed by atoms with Crippen LogP contribution in [0.2, 0.25) is 0 Å². The molecular formula is C28H40N2O. The van der Waals surface area contributed by atoms with Crippen molar-refractivity contribution in [3.05, 3.63) is 71.8 Å². The van der Waals surface area contributed by atoms with E-state index in [0.29, 0.717) is 18.4 Å². The minimum Gasteiger partial charge on any atom is -0.355 e. The number of hydrogen-bond donors (Lipinski definition) is 2. The minimum absolute atomic E-state index is 0.0890. The van der Waals surface area contributed by atoms with Crippen LogP contribution in [0.5, 0.6) is 0 Å². The number of rotatable bonds is 11. The smallest absolute Gasteiger partial charge is 0.237 e. The van der Waals surface area contributed by atoms with Gasteiger partial charge in [0.25, 0.3) is 0 Å². The highest BCUT2D eigenvalue weighted by Gasteiger charge is 2.22. The van der Waals surface area contributed by atoms with Crippen LogP contribution in [0.3, 0.4) is 0 Å². The molecule has 3 heteroatoms. The standard InChI is InChI=1S/C28H40N2O/c1-22(2)20-27(30-21-23-12-6-3-7-13-23)28(31)29-19-18-26(24-14-8-4-9-15-24)25-16-10-5-11-17-25/h4-5,8-11,14-17,22-23,26-27,30H,3,6-7,12-13,18-21H2,1-2H3,(H,29,31)/t27-/m0/s1. The second-order valence-corrected chi connectivity index (χ2v) is 9.55. The number of benzene rings is 2. The highest BCUT2D eigenvalue weighted by molar-refractivity contribution is 5.81. The quantitative estimate of drug-likeness (QED) is 0.474. The molecule has 1 amide bonds. The number of nitrogens with one attached hydrogen (secondary N) is 2. The molecule has 31 heavy (non-hydrogen) atoms. The maximum absolute atomic E-state index is 13.0. The van der Waals surface area contributed by atoms with Crippen molar-refractivity contribution in [3.8, 4) is 0 Å². The summed E-state index contributed by atoms with van der Waals surface area (Å²) in [5.41, 5.74) is 2.61. The summed E-state index contributed by atoms with van der Waals surface area (Å²) in [6, 6.07) is 21.2. The van der Waals surface area contributed by atoms with Crippen LogP contribution in [0.1, 0.15) is 75.8 Å². The van der Waals surface area contributed by atoms with E-state index in [1.807, 2.05) is 0 Å². The summed E-state index contributed by atoms with van der Waals surface area (Å²) < 4.78 is 0. The first kappa shape index (κ1) is 23.5. The topological polar surface area (TPSA) is 41.1 Å².